The highest BCUT2D eigenvalue weighted by Gasteiger charge is 2.22. The molecule has 1 saturated heterocycles. The van der Waals surface area contributed by atoms with E-state index in [2.05, 4.69) is 39.6 Å². The van der Waals surface area contributed by atoms with E-state index < -0.39 is 0 Å². The topological polar surface area (TPSA) is 70.4 Å². The van der Waals surface area contributed by atoms with Gasteiger partial charge in [-0.25, -0.2) is 4.99 Å². The summed E-state index contributed by atoms with van der Waals surface area (Å²) in [6, 6.07) is 1.06. The Morgan fingerprint density at radius 1 is 1.07 bits per heavy atom. The summed E-state index contributed by atoms with van der Waals surface area (Å²) in [5.74, 6) is 3.53. The van der Waals surface area contributed by atoms with Gasteiger partial charge in [-0.1, -0.05) is 26.7 Å². The maximum absolute atomic E-state index is 4.85. The zero-order valence-corrected chi connectivity index (χ0v) is 17.5. The van der Waals surface area contributed by atoms with Gasteiger partial charge in [-0.05, 0) is 38.5 Å². The molecular weight excluding hydrogens is 338 g/mol. The summed E-state index contributed by atoms with van der Waals surface area (Å²) in [6.07, 6.45) is 7.50. The van der Waals surface area contributed by atoms with Gasteiger partial charge in [0.15, 0.2) is 11.8 Å². The van der Waals surface area contributed by atoms with Crippen molar-refractivity contribution in [3.63, 3.8) is 0 Å². The highest BCUT2D eigenvalue weighted by molar-refractivity contribution is 5.80. The Hall–Kier alpha value is -1.63. The van der Waals surface area contributed by atoms with Crippen molar-refractivity contribution < 1.29 is 0 Å². The Bertz CT molecular complexity index is 608. The lowest BCUT2D eigenvalue weighted by Crippen LogP contribution is -2.50. The molecule has 27 heavy (non-hydrogen) atoms. The maximum atomic E-state index is 4.85. The van der Waals surface area contributed by atoms with Crippen LogP contribution in [0.3, 0.4) is 0 Å². The summed E-state index contributed by atoms with van der Waals surface area (Å²) >= 11 is 0. The predicted molar refractivity (Wildman–Crippen MR) is 110 cm³/mol. The van der Waals surface area contributed by atoms with E-state index in [1.807, 2.05) is 18.5 Å². The highest BCUT2D eigenvalue weighted by Crippen LogP contribution is 2.18. The van der Waals surface area contributed by atoms with Gasteiger partial charge in [0.25, 0.3) is 0 Å². The normalized spacial score (nSPS) is 20.6. The fraction of sp³-hybridized carbons (Fsp3) is 0.850. The molecule has 0 spiro atoms. The van der Waals surface area contributed by atoms with E-state index in [0.29, 0.717) is 18.6 Å². The third-order valence-corrected chi connectivity index (χ3v) is 5.81. The number of hydrogen-bond acceptors (Lipinski definition) is 4. The summed E-state index contributed by atoms with van der Waals surface area (Å²) < 4.78 is 2.01. The van der Waals surface area contributed by atoms with Crippen molar-refractivity contribution in [2.75, 3.05) is 19.6 Å². The van der Waals surface area contributed by atoms with Crippen molar-refractivity contribution in [3.8, 4) is 0 Å². The summed E-state index contributed by atoms with van der Waals surface area (Å²) in [5, 5.41) is 15.8. The SMILES string of the molecule is Cc1nnc(CN=C(NC2CCCC2)NC2CCN(CC(C)C)CC2)n1C. The largest absolute Gasteiger partial charge is 0.354 e. The summed E-state index contributed by atoms with van der Waals surface area (Å²) in [6.45, 7) is 10.7. The zero-order chi connectivity index (χ0) is 19.2. The van der Waals surface area contributed by atoms with Gasteiger partial charge in [0.1, 0.15) is 12.4 Å². The molecule has 1 aromatic rings. The summed E-state index contributed by atoms with van der Waals surface area (Å²) in [4.78, 5) is 7.44. The number of aliphatic imine (C=N–C) groups is 1. The number of guanidine groups is 1. The molecule has 0 amide bonds. The molecule has 152 valence electrons. The van der Waals surface area contributed by atoms with Crippen LogP contribution in [0, 0.1) is 12.8 Å². The number of piperidine rings is 1. The molecule has 2 heterocycles. The number of likely N-dealkylation sites (tertiary alicyclic amines) is 1. The summed E-state index contributed by atoms with van der Waals surface area (Å²) in [5.41, 5.74) is 0. The minimum atomic E-state index is 0.502. The Morgan fingerprint density at radius 3 is 2.26 bits per heavy atom. The van der Waals surface area contributed by atoms with Crippen molar-refractivity contribution in [2.24, 2.45) is 18.0 Å². The second-order valence-electron chi connectivity index (χ2n) is 8.63. The molecule has 1 aromatic heterocycles. The van der Waals surface area contributed by atoms with Crippen LogP contribution in [0.25, 0.3) is 0 Å². The number of aryl methyl sites for hydroxylation is 1. The molecule has 0 unspecified atom stereocenters. The molecule has 2 fully saturated rings. The van der Waals surface area contributed by atoms with Gasteiger partial charge in [0.05, 0.1) is 0 Å². The molecule has 3 rings (SSSR count). The molecule has 1 aliphatic carbocycles. The van der Waals surface area contributed by atoms with Crippen molar-refractivity contribution in [2.45, 2.75) is 77.9 Å². The molecule has 1 aliphatic heterocycles. The third kappa shape index (κ3) is 5.92. The lowest BCUT2D eigenvalue weighted by molar-refractivity contribution is 0.186. The van der Waals surface area contributed by atoms with Gasteiger partial charge in [-0.15, -0.1) is 10.2 Å². The second kappa shape index (κ2) is 9.53. The van der Waals surface area contributed by atoms with Crippen LogP contribution in [-0.2, 0) is 13.6 Å². The number of rotatable bonds is 6. The first-order valence-corrected chi connectivity index (χ1v) is 10.7. The van der Waals surface area contributed by atoms with E-state index in [1.165, 1.54) is 58.2 Å². The van der Waals surface area contributed by atoms with Crippen molar-refractivity contribution in [1.29, 1.82) is 0 Å². The van der Waals surface area contributed by atoms with Crippen molar-refractivity contribution in [1.82, 2.24) is 30.3 Å². The first-order valence-electron chi connectivity index (χ1n) is 10.7. The van der Waals surface area contributed by atoms with E-state index in [1.54, 1.807) is 0 Å². The van der Waals surface area contributed by atoms with E-state index in [0.717, 1.165) is 23.5 Å². The highest BCUT2D eigenvalue weighted by atomic mass is 15.3. The predicted octanol–water partition coefficient (Wildman–Crippen LogP) is 2.22. The van der Waals surface area contributed by atoms with Gasteiger partial charge in [-0.3, -0.25) is 0 Å². The Balaban J connectivity index is 1.58. The molecule has 0 radical (unpaired) electrons. The maximum Gasteiger partial charge on any atom is 0.192 e. The number of nitrogens with zero attached hydrogens (tertiary/aromatic N) is 5. The number of nitrogens with one attached hydrogen (secondary N) is 2. The minimum Gasteiger partial charge on any atom is -0.354 e. The summed E-state index contributed by atoms with van der Waals surface area (Å²) in [7, 11) is 2.00. The number of hydrogen-bond donors (Lipinski definition) is 2. The Morgan fingerprint density at radius 2 is 1.70 bits per heavy atom. The lowest BCUT2D eigenvalue weighted by atomic mass is 10.0. The second-order valence-corrected chi connectivity index (χ2v) is 8.63. The first kappa shape index (κ1) is 20.1. The fourth-order valence-corrected chi connectivity index (χ4v) is 4.10. The van der Waals surface area contributed by atoms with Crippen molar-refractivity contribution in [3.05, 3.63) is 11.6 Å². The quantitative estimate of drug-likeness (QED) is 0.589. The van der Waals surface area contributed by atoms with Crippen LogP contribution in [0.15, 0.2) is 4.99 Å². The molecule has 2 aliphatic rings. The van der Waals surface area contributed by atoms with Crippen LogP contribution < -0.4 is 10.6 Å². The molecule has 2 N–H and O–H groups in total. The van der Waals surface area contributed by atoms with Gasteiger partial charge in [0, 0.05) is 38.8 Å². The lowest BCUT2D eigenvalue weighted by Gasteiger charge is -2.34. The van der Waals surface area contributed by atoms with Crippen LogP contribution in [-0.4, -0.2) is 57.3 Å². The molecule has 0 bridgehead atoms. The Kier molecular flexibility index (Phi) is 7.10. The van der Waals surface area contributed by atoms with Crippen LogP contribution in [0.2, 0.25) is 0 Å². The van der Waals surface area contributed by atoms with Gasteiger partial charge >= 0.3 is 0 Å². The standard InChI is InChI=1S/C20H37N7/c1-15(2)14-27-11-9-18(10-12-27)23-20(22-17-7-5-6-8-17)21-13-19-25-24-16(3)26(19)4/h15,17-18H,5-14H2,1-4H3,(H2,21,22,23). The molecule has 0 atom stereocenters. The third-order valence-electron chi connectivity index (χ3n) is 5.81. The smallest absolute Gasteiger partial charge is 0.192 e. The van der Waals surface area contributed by atoms with E-state index >= 15 is 0 Å². The molecule has 1 saturated carbocycles. The fourth-order valence-electron chi connectivity index (χ4n) is 4.10. The van der Waals surface area contributed by atoms with Gasteiger partial charge in [0.2, 0.25) is 0 Å². The average molecular weight is 376 g/mol. The average Bonchev–Trinajstić information content (AvgIpc) is 3.25. The monoisotopic (exact) mass is 375 g/mol. The van der Waals surface area contributed by atoms with E-state index in [-0.39, 0.29) is 0 Å². The van der Waals surface area contributed by atoms with Crippen LogP contribution in [0.5, 0.6) is 0 Å². The van der Waals surface area contributed by atoms with Gasteiger partial charge in [-0.2, -0.15) is 0 Å². The van der Waals surface area contributed by atoms with Gasteiger partial charge < -0.3 is 20.1 Å². The first-order chi connectivity index (χ1) is 13.0. The van der Waals surface area contributed by atoms with Crippen molar-refractivity contribution >= 4 is 5.96 Å². The molecule has 7 heteroatoms. The van der Waals surface area contributed by atoms with E-state index in [4.69, 9.17) is 4.99 Å². The molecule has 7 nitrogen and oxygen atoms in total. The van der Waals surface area contributed by atoms with Crippen LogP contribution in [0.4, 0.5) is 0 Å². The van der Waals surface area contributed by atoms with Crippen LogP contribution >= 0.6 is 0 Å². The zero-order valence-electron chi connectivity index (χ0n) is 17.5. The Labute approximate surface area is 164 Å². The van der Waals surface area contributed by atoms with Crippen LogP contribution in [0.1, 0.15) is 64.0 Å². The molecular formula is C20H37N7. The number of aromatic nitrogens is 3. The van der Waals surface area contributed by atoms with E-state index in [9.17, 15) is 0 Å². The minimum absolute atomic E-state index is 0.502. The molecule has 0 aromatic carbocycles.